The highest BCUT2D eigenvalue weighted by Gasteiger charge is 2.50. The molecule has 2 heterocycles. The van der Waals surface area contributed by atoms with Gasteiger partial charge in [0.25, 0.3) is 0 Å². The zero-order chi connectivity index (χ0) is 62.8. The third kappa shape index (κ3) is 19.9. The summed E-state index contributed by atoms with van der Waals surface area (Å²) in [6.45, 7) is 21.9. The summed E-state index contributed by atoms with van der Waals surface area (Å²) in [4.78, 5) is 9.68. The number of nitrogens with zero attached hydrogens (tertiary/aromatic N) is 4. The third-order valence-corrected chi connectivity index (χ3v) is 18.3. The lowest BCUT2D eigenvalue weighted by Gasteiger charge is -2.36. The smallest absolute Gasteiger partial charge is 0.156 e. The molecule has 0 radical (unpaired) electrons. The van der Waals surface area contributed by atoms with Crippen molar-refractivity contribution in [3.05, 3.63) is 165 Å². The number of hydroxylamine groups is 4. The van der Waals surface area contributed by atoms with Crippen LogP contribution >= 0.6 is 0 Å². The number of ether oxygens (including phenoxy) is 2. The van der Waals surface area contributed by atoms with Crippen LogP contribution in [0, 0.1) is 47.4 Å². The largest absolute Gasteiger partial charge is 0.492 e. The average Bonchev–Trinajstić information content (AvgIpc) is 2.23. The van der Waals surface area contributed by atoms with E-state index >= 15 is 0 Å². The van der Waals surface area contributed by atoms with E-state index in [1.54, 1.807) is 0 Å². The van der Waals surface area contributed by atoms with Gasteiger partial charge in [-0.05, 0) is 165 Å². The molecule has 0 spiro atoms. The highest BCUT2D eigenvalue weighted by molar-refractivity contribution is 6.01. The van der Waals surface area contributed by atoms with Gasteiger partial charge in [0.05, 0.1) is 46.5 Å². The van der Waals surface area contributed by atoms with Crippen LogP contribution in [0.4, 0.5) is 0 Å². The molecule has 0 saturated heterocycles. The number of amidine groups is 2. The minimum atomic E-state index is -0.526. The van der Waals surface area contributed by atoms with Crippen LogP contribution in [0.5, 0.6) is 11.5 Å². The van der Waals surface area contributed by atoms with E-state index in [1.165, 1.54) is 139 Å². The predicted molar refractivity (Wildman–Crippen MR) is 366 cm³/mol. The maximum Gasteiger partial charge on any atom is 0.156 e. The Bertz CT molecular complexity index is 3100. The van der Waals surface area contributed by atoms with Crippen molar-refractivity contribution < 1.29 is 19.9 Å². The predicted octanol–water partition coefficient (Wildman–Crippen LogP) is 19.5. The molecule has 0 unspecified atom stereocenters. The summed E-state index contributed by atoms with van der Waals surface area (Å²) in [5.41, 5.74) is 6.59. The number of benzene rings is 5. The Kier molecular flexibility index (Phi) is 26.4. The standard InChI is InChI=1S/C80H102N4O4/c1-11-13-15-17-19-21-23-25-27-29-31-33-59-87-73-61-72(58-52-66-43-37-64(38-44-66)40-46-68-49-55-70(56-50-68)76-82-78(5,6)80(9,10)84(76)86)74(88-60-34-32-30-28-26-24-22-20-18-16-14-12-2)62-71(73)57-51-65-41-35-63(36-42-65)39-45-67-47-53-69(54-48-67)75-81-77(3,4)79(7,8)83(75)85/h35-38,41-44,47-50,53-56,61-62,85-86H,11-34,59-60H2,1-10H3. The summed E-state index contributed by atoms with van der Waals surface area (Å²) in [5, 5.41) is 24.5. The zero-order valence-corrected chi connectivity index (χ0v) is 55.3. The first kappa shape index (κ1) is 68.3. The lowest BCUT2D eigenvalue weighted by Crippen LogP contribution is -2.51. The molecular formula is C80H102N4O4. The first-order valence-corrected chi connectivity index (χ1v) is 33.5. The SMILES string of the molecule is CCCCCCCCCCCCCCOc1cc(C#Cc2ccc(C#Cc3ccc(C4=NC(C)(C)C(C)(C)N4O)cc3)cc2)c(OCCCCCCCCCCCCCC)cc1C#Cc1ccc(C#Cc2ccc(C3=NC(C)(C)C(C)(C)N3O)cc2)cc1. The second-order valence-electron chi connectivity index (χ2n) is 26.4. The highest BCUT2D eigenvalue weighted by Crippen LogP contribution is 2.39. The second-order valence-corrected chi connectivity index (χ2v) is 26.4. The minimum absolute atomic E-state index is 0.434. The van der Waals surface area contributed by atoms with Crippen LogP contribution < -0.4 is 9.47 Å². The normalized spacial score (nSPS) is 15.0. The van der Waals surface area contributed by atoms with Crippen molar-refractivity contribution in [3.8, 4) is 58.9 Å². The van der Waals surface area contributed by atoms with Crippen molar-refractivity contribution >= 4 is 11.7 Å². The van der Waals surface area contributed by atoms with Crippen LogP contribution in [0.15, 0.2) is 119 Å². The van der Waals surface area contributed by atoms with Gasteiger partial charge in [-0.3, -0.25) is 20.4 Å². The molecule has 88 heavy (non-hydrogen) atoms. The lowest BCUT2D eigenvalue weighted by molar-refractivity contribution is -0.0992. The van der Waals surface area contributed by atoms with Gasteiger partial charge in [-0.15, -0.1) is 0 Å². The molecular weight excluding hydrogens is 1080 g/mol. The van der Waals surface area contributed by atoms with E-state index in [-0.39, 0.29) is 0 Å². The van der Waals surface area contributed by atoms with Gasteiger partial charge in [-0.25, -0.2) is 10.1 Å². The Balaban J connectivity index is 1.07. The number of hydrogen-bond donors (Lipinski definition) is 2. The molecule has 5 aromatic rings. The first-order chi connectivity index (χ1) is 42.4. The molecule has 2 aliphatic heterocycles. The summed E-state index contributed by atoms with van der Waals surface area (Å²) in [7, 11) is 0. The molecule has 7 rings (SSSR count). The second kappa shape index (κ2) is 34.0. The fraction of sp³-hybridized carbons (Fsp3) is 0.500. The van der Waals surface area contributed by atoms with E-state index in [0.717, 1.165) is 81.3 Å². The summed E-state index contributed by atoms with van der Waals surface area (Å²) >= 11 is 0. The maximum absolute atomic E-state index is 11.0. The van der Waals surface area contributed by atoms with Gasteiger partial charge in [0.1, 0.15) is 11.5 Å². The molecule has 0 atom stereocenters. The van der Waals surface area contributed by atoms with Crippen molar-refractivity contribution in [2.45, 2.75) is 245 Å². The van der Waals surface area contributed by atoms with Gasteiger partial charge < -0.3 is 9.47 Å². The van der Waals surface area contributed by atoms with E-state index in [9.17, 15) is 10.4 Å². The Morgan fingerprint density at radius 2 is 0.557 bits per heavy atom. The van der Waals surface area contributed by atoms with Gasteiger partial charge in [-0.1, -0.05) is 202 Å². The fourth-order valence-electron chi connectivity index (χ4n) is 10.8. The van der Waals surface area contributed by atoms with Gasteiger partial charge in [-0.2, -0.15) is 0 Å². The summed E-state index contributed by atoms with van der Waals surface area (Å²) in [6, 6.07) is 35.9. The van der Waals surface area contributed by atoms with Crippen molar-refractivity contribution in [3.63, 3.8) is 0 Å². The van der Waals surface area contributed by atoms with Crippen LogP contribution in [0.2, 0.25) is 0 Å². The monoisotopic (exact) mass is 1180 g/mol. The van der Waals surface area contributed by atoms with Gasteiger partial charge >= 0.3 is 0 Å². The molecule has 0 saturated carbocycles. The summed E-state index contributed by atoms with van der Waals surface area (Å²) in [5.74, 6) is 29.6. The molecule has 5 aromatic carbocycles. The Morgan fingerprint density at radius 1 is 0.330 bits per heavy atom. The van der Waals surface area contributed by atoms with E-state index in [0.29, 0.717) is 36.4 Å². The number of rotatable bonds is 30. The fourth-order valence-corrected chi connectivity index (χ4v) is 10.8. The number of hydrogen-bond acceptors (Lipinski definition) is 8. The van der Waals surface area contributed by atoms with Crippen LogP contribution in [0.1, 0.15) is 279 Å². The molecule has 466 valence electrons. The quantitative estimate of drug-likeness (QED) is 0.0352. The maximum atomic E-state index is 11.0. The van der Waals surface area contributed by atoms with Crippen molar-refractivity contribution in [2.75, 3.05) is 13.2 Å². The van der Waals surface area contributed by atoms with Gasteiger partial charge in [0, 0.05) is 56.6 Å². The molecule has 8 heteroatoms. The molecule has 2 N–H and O–H groups in total. The van der Waals surface area contributed by atoms with E-state index in [1.807, 2.05) is 165 Å². The van der Waals surface area contributed by atoms with Crippen LogP contribution in [0.25, 0.3) is 0 Å². The molecule has 2 aliphatic rings. The average molecular weight is 1180 g/mol. The zero-order valence-electron chi connectivity index (χ0n) is 55.3. The van der Waals surface area contributed by atoms with Crippen LogP contribution in [0.3, 0.4) is 0 Å². The van der Waals surface area contributed by atoms with E-state index < -0.39 is 22.2 Å². The molecule has 0 bridgehead atoms. The van der Waals surface area contributed by atoms with Crippen molar-refractivity contribution in [1.82, 2.24) is 10.1 Å². The minimum Gasteiger partial charge on any atom is -0.492 e. The van der Waals surface area contributed by atoms with Crippen molar-refractivity contribution in [2.24, 2.45) is 9.98 Å². The molecule has 0 aliphatic carbocycles. The summed E-state index contributed by atoms with van der Waals surface area (Å²) in [6.07, 6.45) is 30.7. The van der Waals surface area contributed by atoms with E-state index in [2.05, 4.69) is 61.2 Å². The topological polar surface area (TPSA) is 90.1 Å². The lowest BCUT2D eigenvalue weighted by atomic mass is 9.84. The molecule has 0 aromatic heterocycles. The van der Waals surface area contributed by atoms with Crippen molar-refractivity contribution in [1.29, 1.82) is 0 Å². The van der Waals surface area contributed by atoms with E-state index in [4.69, 9.17) is 19.5 Å². The van der Waals surface area contributed by atoms with Crippen LogP contribution in [-0.4, -0.2) is 67.6 Å². The van der Waals surface area contributed by atoms with Gasteiger partial charge in [0.15, 0.2) is 11.7 Å². The third-order valence-electron chi connectivity index (χ3n) is 18.3. The first-order valence-electron chi connectivity index (χ1n) is 33.5. The summed E-state index contributed by atoms with van der Waals surface area (Å²) < 4.78 is 13.3. The number of aliphatic imine (C=N–C) groups is 2. The highest BCUT2D eigenvalue weighted by atomic mass is 16.5. The Morgan fingerprint density at radius 3 is 0.795 bits per heavy atom. The number of unbranched alkanes of at least 4 members (excludes halogenated alkanes) is 22. The van der Waals surface area contributed by atoms with Crippen LogP contribution in [-0.2, 0) is 0 Å². The molecule has 0 fully saturated rings. The Labute approximate surface area is 531 Å². The molecule has 0 amide bonds. The van der Waals surface area contributed by atoms with Gasteiger partial charge in [0.2, 0.25) is 0 Å². The Hall–Kier alpha value is -7.20. The molecule has 8 nitrogen and oxygen atoms in total.